The van der Waals surface area contributed by atoms with E-state index in [4.69, 9.17) is 0 Å². The number of hydrogen-bond acceptors (Lipinski definition) is 5. The predicted octanol–water partition coefficient (Wildman–Crippen LogP) is 2.68. The summed E-state index contributed by atoms with van der Waals surface area (Å²) in [5.41, 5.74) is 1.02. The van der Waals surface area contributed by atoms with Gasteiger partial charge in [-0.15, -0.1) is 5.10 Å². The number of nitrogens with zero attached hydrogens (tertiary/aromatic N) is 4. The molecule has 21 heavy (non-hydrogen) atoms. The number of tetrazole rings is 1. The Kier molecular flexibility index (Phi) is 4.87. The Bertz CT molecular complexity index is 556. The van der Waals surface area contributed by atoms with Crippen molar-refractivity contribution >= 4 is 11.8 Å². The molecule has 1 aromatic heterocycles. The molecule has 3 rings (SSSR count). The van der Waals surface area contributed by atoms with Crippen molar-refractivity contribution in [3.8, 4) is 5.69 Å². The molecule has 0 amide bonds. The van der Waals surface area contributed by atoms with Crippen molar-refractivity contribution in [1.82, 2.24) is 25.5 Å². The Morgan fingerprint density at radius 3 is 2.95 bits per heavy atom. The lowest BCUT2D eigenvalue weighted by Gasteiger charge is -2.12. The van der Waals surface area contributed by atoms with Gasteiger partial charge in [-0.25, -0.2) is 0 Å². The molecule has 1 aliphatic rings. The zero-order chi connectivity index (χ0) is 14.5. The molecule has 0 bridgehead atoms. The van der Waals surface area contributed by atoms with E-state index in [9.17, 15) is 0 Å². The number of rotatable bonds is 6. The molecule has 0 saturated heterocycles. The summed E-state index contributed by atoms with van der Waals surface area (Å²) in [4.78, 5) is 0. The van der Waals surface area contributed by atoms with Gasteiger partial charge in [0.1, 0.15) is 0 Å². The lowest BCUT2D eigenvalue weighted by Crippen LogP contribution is -2.27. The molecule has 6 heteroatoms. The van der Waals surface area contributed by atoms with Gasteiger partial charge in [-0.05, 0) is 54.8 Å². The number of para-hydroxylation sites is 1. The summed E-state index contributed by atoms with van der Waals surface area (Å²) >= 11 is 1.80. The van der Waals surface area contributed by atoms with Crippen molar-refractivity contribution in [1.29, 1.82) is 0 Å². The van der Waals surface area contributed by atoms with E-state index in [-0.39, 0.29) is 0 Å². The van der Waals surface area contributed by atoms with Crippen LogP contribution in [0.25, 0.3) is 5.69 Å². The van der Waals surface area contributed by atoms with Crippen LogP contribution in [0.4, 0.5) is 0 Å². The minimum Gasteiger partial charge on any atom is -0.314 e. The molecule has 0 radical (unpaired) electrons. The topological polar surface area (TPSA) is 55.6 Å². The molecule has 2 atom stereocenters. The van der Waals surface area contributed by atoms with Crippen molar-refractivity contribution in [2.45, 2.75) is 49.1 Å². The molecular weight excluding hydrogens is 282 g/mol. The summed E-state index contributed by atoms with van der Waals surface area (Å²) in [6, 6.07) is 10.7. The Hall–Kier alpha value is -1.40. The quantitative estimate of drug-likeness (QED) is 0.889. The van der Waals surface area contributed by atoms with Gasteiger partial charge in [0.05, 0.1) is 5.69 Å². The molecule has 1 aromatic carbocycles. The summed E-state index contributed by atoms with van der Waals surface area (Å²) in [5.74, 6) is 0. The predicted molar refractivity (Wildman–Crippen MR) is 84.7 cm³/mol. The number of hydrogen-bond donors (Lipinski definition) is 1. The second-order valence-corrected chi connectivity index (χ2v) is 6.68. The van der Waals surface area contributed by atoms with Gasteiger partial charge in [-0.3, -0.25) is 0 Å². The van der Waals surface area contributed by atoms with E-state index in [1.165, 1.54) is 25.7 Å². The summed E-state index contributed by atoms with van der Waals surface area (Å²) in [7, 11) is 0. The van der Waals surface area contributed by atoms with Gasteiger partial charge in [0, 0.05) is 11.3 Å². The summed E-state index contributed by atoms with van der Waals surface area (Å²) in [6.45, 7) is 3.33. The maximum absolute atomic E-state index is 4.19. The van der Waals surface area contributed by atoms with Crippen LogP contribution in [-0.4, -0.2) is 38.0 Å². The van der Waals surface area contributed by atoms with E-state index in [2.05, 4.69) is 27.8 Å². The van der Waals surface area contributed by atoms with Crippen LogP contribution < -0.4 is 5.32 Å². The molecule has 1 aliphatic carbocycles. The Morgan fingerprint density at radius 2 is 2.14 bits per heavy atom. The van der Waals surface area contributed by atoms with Gasteiger partial charge in [0.15, 0.2) is 0 Å². The largest absolute Gasteiger partial charge is 0.314 e. The van der Waals surface area contributed by atoms with Crippen LogP contribution in [0.3, 0.4) is 0 Å². The van der Waals surface area contributed by atoms with Crippen molar-refractivity contribution in [3.63, 3.8) is 0 Å². The second kappa shape index (κ2) is 7.04. The normalized spacial score (nSPS) is 21.8. The first-order valence-electron chi connectivity index (χ1n) is 7.60. The van der Waals surface area contributed by atoms with Gasteiger partial charge >= 0.3 is 0 Å². The fourth-order valence-corrected chi connectivity index (χ4v) is 3.92. The van der Waals surface area contributed by atoms with E-state index in [0.717, 1.165) is 17.4 Å². The Morgan fingerprint density at radius 1 is 1.29 bits per heavy atom. The zero-order valence-electron chi connectivity index (χ0n) is 12.3. The lowest BCUT2D eigenvalue weighted by atomic mass is 10.2. The highest BCUT2D eigenvalue weighted by atomic mass is 32.2. The average Bonchev–Trinajstić information content (AvgIpc) is 3.16. The van der Waals surface area contributed by atoms with Gasteiger partial charge in [0.25, 0.3) is 0 Å². The van der Waals surface area contributed by atoms with Crippen LogP contribution in [0.15, 0.2) is 35.5 Å². The molecule has 1 heterocycles. The molecule has 1 saturated carbocycles. The van der Waals surface area contributed by atoms with Crippen molar-refractivity contribution in [2.24, 2.45) is 0 Å². The molecule has 1 fully saturated rings. The first-order valence-corrected chi connectivity index (χ1v) is 8.48. The smallest absolute Gasteiger partial charge is 0.214 e. The Labute approximate surface area is 129 Å². The Balaban J connectivity index is 1.63. The van der Waals surface area contributed by atoms with Crippen LogP contribution in [0.5, 0.6) is 0 Å². The first kappa shape index (κ1) is 14.5. The minimum atomic E-state index is 0.604. The molecule has 5 nitrogen and oxygen atoms in total. The van der Waals surface area contributed by atoms with Gasteiger partial charge in [-0.2, -0.15) is 4.68 Å². The van der Waals surface area contributed by atoms with Crippen LogP contribution in [0, 0.1) is 0 Å². The average molecular weight is 303 g/mol. The highest BCUT2D eigenvalue weighted by Gasteiger charge is 2.26. The van der Waals surface area contributed by atoms with E-state index in [1.807, 2.05) is 35.0 Å². The SMILES string of the molecule is CCCNC1CCC(Sc2nnnn2-c2ccccc2)C1. The fraction of sp³-hybridized carbons (Fsp3) is 0.533. The summed E-state index contributed by atoms with van der Waals surface area (Å²) < 4.78 is 1.83. The van der Waals surface area contributed by atoms with Crippen LogP contribution in [0.2, 0.25) is 0 Å². The maximum Gasteiger partial charge on any atom is 0.214 e. The maximum atomic E-state index is 4.19. The molecule has 1 N–H and O–H groups in total. The van der Waals surface area contributed by atoms with Gasteiger partial charge < -0.3 is 5.32 Å². The van der Waals surface area contributed by atoms with E-state index in [0.29, 0.717) is 11.3 Å². The van der Waals surface area contributed by atoms with E-state index in [1.54, 1.807) is 11.8 Å². The highest BCUT2D eigenvalue weighted by molar-refractivity contribution is 7.99. The third-order valence-corrected chi connectivity index (χ3v) is 5.01. The number of nitrogens with one attached hydrogen (secondary N) is 1. The minimum absolute atomic E-state index is 0.604. The van der Waals surface area contributed by atoms with Crippen LogP contribution in [0.1, 0.15) is 32.6 Å². The van der Waals surface area contributed by atoms with E-state index < -0.39 is 0 Å². The summed E-state index contributed by atoms with van der Waals surface area (Å²) in [5, 5.41) is 17.3. The zero-order valence-corrected chi connectivity index (χ0v) is 13.1. The molecule has 2 aromatic rings. The van der Waals surface area contributed by atoms with Gasteiger partial charge in [0.2, 0.25) is 5.16 Å². The molecule has 2 unspecified atom stereocenters. The van der Waals surface area contributed by atoms with Crippen molar-refractivity contribution in [3.05, 3.63) is 30.3 Å². The number of thioether (sulfide) groups is 1. The van der Waals surface area contributed by atoms with Gasteiger partial charge in [-0.1, -0.05) is 36.9 Å². The first-order chi connectivity index (χ1) is 10.4. The third kappa shape index (κ3) is 3.63. The summed E-state index contributed by atoms with van der Waals surface area (Å²) in [6.07, 6.45) is 4.88. The lowest BCUT2D eigenvalue weighted by molar-refractivity contribution is 0.524. The monoisotopic (exact) mass is 303 g/mol. The van der Waals surface area contributed by atoms with Crippen molar-refractivity contribution in [2.75, 3.05) is 6.54 Å². The molecule has 0 aliphatic heterocycles. The number of benzene rings is 1. The molecule has 112 valence electrons. The van der Waals surface area contributed by atoms with E-state index >= 15 is 0 Å². The standard InChI is InChI=1S/C15H21N5S/c1-2-10-16-12-8-9-14(11-12)21-15-17-18-19-20(15)13-6-4-3-5-7-13/h3-7,12,14,16H,2,8-11H2,1H3. The molecule has 0 spiro atoms. The van der Waals surface area contributed by atoms with Crippen molar-refractivity contribution < 1.29 is 0 Å². The highest BCUT2D eigenvalue weighted by Crippen LogP contribution is 2.34. The third-order valence-electron chi connectivity index (χ3n) is 3.78. The second-order valence-electron chi connectivity index (χ2n) is 5.41. The number of aromatic nitrogens is 4. The fourth-order valence-electron chi connectivity index (χ4n) is 2.71. The molecular formula is C15H21N5S. The van der Waals surface area contributed by atoms with Crippen LogP contribution in [-0.2, 0) is 0 Å². The van der Waals surface area contributed by atoms with Crippen LogP contribution >= 0.6 is 11.8 Å².